The minimum atomic E-state index is -0.572. The fourth-order valence-electron chi connectivity index (χ4n) is 4.66. The summed E-state index contributed by atoms with van der Waals surface area (Å²) in [6.45, 7) is 6.76. The summed E-state index contributed by atoms with van der Waals surface area (Å²) in [6.07, 6.45) is 1.85. The Morgan fingerprint density at radius 2 is 1.91 bits per heavy atom. The van der Waals surface area contributed by atoms with Gasteiger partial charge in [-0.3, -0.25) is 4.57 Å². The monoisotopic (exact) mass is 453 g/mol. The molecule has 7 nitrogen and oxygen atoms in total. The Kier molecular flexibility index (Phi) is 4.89. The van der Waals surface area contributed by atoms with Gasteiger partial charge >= 0.3 is 0 Å². The number of anilines is 1. The van der Waals surface area contributed by atoms with E-state index in [0.717, 1.165) is 5.39 Å². The number of aryl methyl sites for hydroxylation is 1. The molecule has 172 valence electrons. The fraction of sp³-hybridized carbons (Fsp3) is 0.333. The smallest absolute Gasteiger partial charge is 0.162 e. The second-order valence-electron chi connectivity index (χ2n) is 8.71. The molecule has 0 atom stereocenters. The van der Waals surface area contributed by atoms with Crippen LogP contribution in [0.2, 0.25) is 0 Å². The summed E-state index contributed by atoms with van der Waals surface area (Å²) in [5.74, 6) is 0.632. The molecule has 1 N–H and O–H groups in total. The van der Waals surface area contributed by atoms with E-state index in [1.54, 1.807) is 7.11 Å². The molecular weight excluding hydrogens is 428 g/mol. The van der Waals surface area contributed by atoms with Crippen molar-refractivity contribution in [3.8, 4) is 22.6 Å². The number of methoxy groups -OCH3 is 2. The van der Waals surface area contributed by atoms with E-state index in [4.69, 9.17) is 9.47 Å². The van der Waals surface area contributed by atoms with Crippen LogP contribution in [-0.4, -0.2) is 40.2 Å². The predicted octanol–water partition coefficient (Wildman–Crippen LogP) is 4.79. The lowest BCUT2D eigenvalue weighted by Gasteiger charge is -2.35. The number of nitrogens with zero attached hydrogens (tertiary/aromatic N) is 4. The van der Waals surface area contributed by atoms with Crippen molar-refractivity contribution in [2.45, 2.75) is 32.9 Å². The minimum Gasteiger partial charge on any atom is -0.494 e. The van der Waals surface area contributed by atoms with Crippen LogP contribution in [0, 0.1) is 18.6 Å². The largest absolute Gasteiger partial charge is 0.494 e. The molecule has 3 heterocycles. The number of hydrogen-bond donors (Lipinski definition) is 1. The van der Waals surface area contributed by atoms with Crippen LogP contribution >= 0.6 is 0 Å². The Hall–Kier alpha value is -3.46. The van der Waals surface area contributed by atoms with E-state index in [1.807, 2.05) is 42.2 Å². The van der Waals surface area contributed by atoms with Crippen LogP contribution < -0.4 is 10.1 Å². The first-order valence-corrected chi connectivity index (χ1v) is 10.7. The Morgan fingerprint density at radius 3 is 2.64 bits per heavy atom. The molecule has 0 bridgehead atoms. The number of halogens is 2. The van der Waals surface area contributed by atoms with Gasteiger partial charge in [0, 0.05) is 36.9 Å². The molecule has 0 unspecified atom stereocenters. The van der Waals surface area contributed by atoms with Gasteiger partial charge in [-0.05, 0) is 39.0 Å². The van der Waals surface area contributed by atoms with Crippen molar-refractivity contribution in [2.24, 2.45) is 0 Å². The van der Waals surface area contributed by atoms with E-state index in [1.165, 1.54) is 25.3 Å². The maximum absolute atomic E-state index is 15.7. The lowest BCUT2D eigenvalue weighted by molar-refractivity contribution is 0.188. The van der Waals surface area contributed by atoms with Crippen molar-refractivity contribution < 1.29 is 18.3 Å². The molecule has 33 heavy (non-hydrogen) atoms. The summed E-state index contributed by atoms with van der Waals surface area (Å²) in [5, 5.41) is 12.6. The van der Waals surface area contributed by atoms with Gasteiger partial charge in [0.2, 0.25) is 0 Å². The van der Waals surface area contributed by atoms with Crippen molar-refractivity contribution in [3.63, 3.8) is 0 Å². The summed E-state index contributed by atoms with van der Waals surface area (Å²) in [4.78, 5) is 0. The molecule has 2 aromatic carbocycles. The number of rotatable bonds is 5. The molecule has 0 radical (unpaired) electrons. The highest BCUT2D eigenvalue weighted by atomic mass is 19.1. The van der Waals surface area contributed by atoms with Crippen molar-refractivity contribution in [1.29, 1.82) is 0 Å². The van der Waals surface area contributed by atoms with Gasteiger partial charge in [-0.15, -0.1) is 10.2 Å². The van der Waals surface area contributed by atoms with Gasteiger partial charge in [0.15, 0.2) is 11.6 Å². The van der Waals surface area contributed by atoms with Gasteiger partial charge in [0.1, 0.15) is 23.1 Å². The van der Waals surface area contributed by atoms with E-state index in [-0.39, 0.29) is 11.3 Å². The highest BCUT2D eigenvalue weighted by molar-refractivity contribution is 5.99. The Labute approximate surface area is 189 Å². The van der Waals surface area contributed by atoms with Crippen LogP contribution in [-0.2, 0) is 16.8 Å². The SMILES string of the molecule is COCCn1ccc2c(-c3c(F)cc4c(c3OC)-n3c(C)nnc3C(C)(C)N4)cc(F)cc21. The van der Waals surface area contributed by atoms with Crippen LogP contribution in [0.4, 0.5) is 14.5 Å². The summed E-state index contributed by atoms with van der Waals surface area (Å²) in [7, 11) is 3.10. The number of benzene rings is 2. The van der Waals surface area contributed by atoms with Gasteiger partial charge in [-0.2, -0.15) is 0 Å². The third-order valence-corrected chi connectivity index (χ3v) is 6.13. The predicted molar refractivity (Wildman–Crippen MR) is 122 cm³/mol. The summed E-state index contributed by atoms with van der Waals surface area (Å²) < 4.78 is 45.2. The van der Waals surface area contributed by atoms with Gasteiger partial charge in [0.25, 0.3) is 0 Å². The van der Waals surface area contributed by atoms with E-state index >= 15 is 4.39 Å². The number of hydrogen-bond acceptors (Lipinski definition) is 5. The van der Waals surface area contributed by atoms with Crippen molar-refractivity contribution >= 4 is 16.6 Å². The molecular formula is C24H25F2N5O2. The fourth-order valence-corrected chi connectivity index (χ4v) is 4.66. The third kappa shape index (κ3) is 3.18. The number of nitrogens with one attached hydrogen (secondary N) is 1. The number of aromatic nitrogens is 4. The van der Waals surface area contributed by atoms with Crippen LogP contribution in [0.25, 0.3) is 27.7 Å². The van der Waals surface area contributed by atoms with Crippen molar-refractivity contribution in [1.82, 2.24) is 19.3 Å². The number of fused-ring (bicyclic) bond motifs is 4. The molecule has 2 aromatic heterocycles. The number of ether oxygens (including phenoxy) is 2. The van der Waals surface area contributed by atoms with Crippen molar-refractivity contribution in [2.75, 3.05) is 26.1 Å². The molecule has 0 saturated carbocycles. The minimum absolute atomic E-state index is 0.186. The second kappa shape index (κ2) is 7.55. The molecule has 0 saturated heterocycles. The van der Waals surface area contributed by atoms with Gasteiger partial charge < -0.3 is 19.4 Å². The molecule has 0 fully saturated rings. The van der Waals surface area contributed by atoms with E-state index in [0.29, 0.717) is 47.3 Å². The molecule has 9 heteroatoms. The lowest BCUT2D eigenvalue weighted by Crippen LogP contribution is -2.36. The van der Waals surface area contributed by atoms with Gasteiger partial charge in [-0.25, -0.2) is 8.78 Å². The molecule has 0 aliphatic carbocycles. The highest BCUT2D eigenvalue weighted by Crippen LogP contribution is 2.48. The topological polar surface area (TPSA) is 66.1 Å². The first-order valence-electron chi connectivity index (χ1n) is 10.7. The first kappa shape index (κ1) is 21.4. The first-order chi connectivity index (χ1) is 15.8. The lowest BCUT2D eigenvalue weighted by atomic mass is 9.94. The van der Waals surface area contributed by atoms with Crippen LogP contribution in [0.15, 0.2) is 30.5 Å². The van der Waals surface area contributed by atoms with Gasteiger partial charge in [-0.1, -0.05) is 0 Å². The van der Waals surface area contributed by atoms with Gasteiger partial charge in [0.05, 0.1) is 36.0 Å². The van der Waals surface area contributed by atoms with Crippen LogP contribution in [0.3, 0.4) is 0 Å². The van der Waals surface area contributed by atoms with Crippen LogP contribution in [0.1, 0.15) is 25.5 Å². The molecule has 0 amide bonds. The zero-order chi connectivity index (χ0) is 23.5. The molecule has 0 spiro atoms. The molecule has 5 rings (SSSR count). The molecule has 4 aromatic rings. The summed E-state index contributed by atoms with van der Waals surface area (Å²) in [6, 6.07) is 6.07. The zero-order valence-electron chi connectivity index (χ0n) is 19.2. The van der Waals surface area contributed by atoms with Crippen LogP contribution in [0.5, 0.6) is 5.75 Å². The maximum Gasteiger partial charge on any atom is 0.162 e. The quantitative estimate of drug-likeness (QED) is 0.471. The third-order valence-electron chi connectivity index (χ3n) is 6.13. The average Bonchev–Trinajstić information content (AvgIpc) is 3.34. The van der Waals surface area contributed by atoms with E-state index < -0.39 is 17.2 Å². The Morgan fingerprint density at radius 1 is 1.12 bits per heavy atom. The maximum atomic E-state index is 15.7. The Bertz CT molecular complexity index is 1390. The Balaban J connectivity index is 1.82. The van der Waals surface area contributed by atoms with Crippen molar-refractivity contribution in [3.05, 3.63) is 53.7 Å². The second-order valence-corrected chi connectivity index (χ2v) is 8.71. The highest BCUT2D eigenvalue weighted by Gasteiger charge is 2.37. The normalized spacial score (nSPS) is 14.2. The molecule has 1 aliphatic rings. The van der Waals surface area contributed by atoms with E-state index in [9.17, 15) is 4.39 Å². The molecule has 1 aliphatic heterocycles. The zero-order valence-corrected chi connectivity index (χ0v) is 19.2. The van der Waals surface area contributed by atoms with E-state index in [2.05, 4.69) is 15.5 Å². The average molecular weight is 453 g/mol. The standard InChI is InChI=1S/C24H25F2N5O2/c1-13-28-29-23-24(2,3)27-18-12-17(26)20(22(33-5)21(18)31(13)23)16-10-14(25)11-19-15(16)6-7-30(19)8-9-32-4/h6-7,10-12,27H,8-9H2,1-5H3. The summed E-state index contributed by atoms with van der Waals surface area (Å²) >= 11 is 0. The summed E-state index contributed by atoms with van der Waals surface area (Å²) in [5.41, 5.74) is 1.83.